The number of hydroxylamine groups is 4. The number of nitrogens with zero attached hydrogens (tertiary/aromatic N) is 1. The fourth-order valence-corrected chi connectivity index (χ4v) is 0.738. The van der Waals surface area contributed by atoms with E-state index >= 15 is 0 Å². The molecule has 0 bridgehead atoms. The topological polar surface area (TPSA) is 46.1 Å². The van der Waals surface area contributed by atoms with Crippen molar-refractivity contribution >= 4 is 11.8 Å². The Labute approximate surface area is 51.0 Å². The molecule has 0 amide bonds. The lowest BCUT2D eigenvalue weighted by molar-refractivity contribution is -0.717. The Balaban J connectivity index is 2.69. The molecule has 0 unspecified atom stereocenters. The smallest absolute Gasteiger partial charge is 0.116 e. The Kier molecular flexibility index (Phi) is 1.39. The summed E-state index contributed by atoms with van der Waals surface area (Å²) in [5.41, 5.74) is 0. The van der Waals surface area contributed by atoms with Gasteiger partial charge in [0.05, 0.1) is 10.8 Å². The molecule has 2 radical (unpaired) electrons. The first-order valence-electron chi connectivity index (χ1n) is 1.87. The number of rotatable bonds is 0. The van der Waals surface area contributed by atoms with E-state index in [1.54, 1.807) is 0 Å². The molecule has 0 aromatic rings. The lowest BCUT2D eigenvalue weighted by Gasteiger charge is -2.39. The van der Waals surface area contributed by atoms with Gasteiger partial charge in [0.2, 0.25) is 0 Å². The molecule has 0 N–H and O–H groups in total. The summed E-state index contributed by atoms with van der Waals surface area (Å²) in [7, 11) is 0. The van der Waals surface area contributed by atoms with Crippen molar-refractivity contribution in [3.05, 3.63) is 33.6 Å². The van der Waals surface area contributed by atoms with E-state index in [1.165, 1.54) is 0 Å². The van der Waals surface area contributed by atoms with E-state index in [9.17, 15) is 10.4 Å². The van der Waals surface area contributed by atoms with Crippen molar-refractivity contribution in [2.24, 2.45) is 0 Å². The van der Waals surface area contributed by atoms with Crippen molar-refractivity contribution in [1.29, 1.82) is 0 Å². The van der Waals surface area contributed by atoms with Crippen LogP contribution >= 0.6 is 11.8 Å². The molecule has 0 saturated heterocycles. The summed E-state index contributed by atoms with van der Waals surface area (Å²) >= 11 is 1.07. The summed E-state index contributed by atoms with van der Waals surface area (Å²) in [4.78, 5) is -1.74. The van der Waals surface area contributed by atoms with Crippen molar-refractivity contribution in [3.63, 3.8) is 0 Å². The molecule has 0 atom stereocenters. The molecule has 0 saturated carbocycles. The summed E-state index contributed by atoms with van der Waals surface area (Å²) in [6.07, 6.45) is 1.75. The van der Waals surface area contributed by atoms with Gasteiger partial charge in [0.1, 0.15) is 12.4 Å². The second kappa shape index (κ2) is 1.91. The number of hydrogen-bond acceptors (Lipinski definition) is 3. The molecular formula is C4H2NO2S-. The largest absolute Gasteiger partial charge is 0.621 e. The van der Waals surface area contributed by atoms with Gasteiger partial charge in [-0.15, -0.1) is 0 Å². The molecule has 0 aromatic heterocycles. The van der Waals surface area contributed by atoms with E-state index in [0.717, 1.165) is 24.2 Å². The van der Waals surface area contributed by atoms with E-state index < -0.39 is 4.81 Å². The molecule has 0 fully saturated rings. The van der Waals surface area contributed by atoms with E-state index in [-0.39, 0.29) is 0 Å². The van der Waals surface area contributed by atoms with Gasteiger partial charge in [0.15, 0.2) is 0 Å². The zero-order valence-electron chi connectivity index (χ0n) is 3.83. The van der Waals surface area contributed by atoms with Crippen molar-refractivity contribution in [2.45, 2.75) is 0 Å². The highest BCUT2D eigenvalue weighted by atomic mass is 32.2. The number of thioether (sulfide) groups is 1. The molecular weight excluding hydrogens is 126 g/mol. The summed E-state index contributed by atoms with van der Waals surface area (Å²) in [5, 5.41) is 25.3. The molecule has 1 aliphatic heterocycles. The first-order chi connectivity index (χ1) is 3.71. The first-order valence-corrected chi connectivity index (χ1v) is 2.68. The van der Waals surface area contributed by atoms with Gasteiger partial charge in [-0.3, -0.25) is 0 Å². The minimum Gasteiger partial charge on any atom is -0.621 e. The van der Waals surface area contributed by atoms with Gasteiger partial charge in [-0.05, 0) is 0 Å². The molecule has 0 spiro atoms. The van der Waals surface area contributed by atoms with Crippen LogP contribution in [0.4, 0.5) is 0 Å². The average molecular weight is 128 g/mol. The third kappa shape index (κ3) is 1.34. The van der Waals surface area contributed by atoms with Gasteiger partial charge in [0.25, 0.3) is 0 Å². The summed E-state index contributed by atoms with van der Waals surface area (Å²) in [6, 6.07) is 0. The molecule has 0 aliphatic carbocycles. The van der Waals surface area contributed by atoms with Crippen LogP contribution in [0.25, 0.3) is 0 Å². The molecule has 1 aliphatic rings. The first kappa shape index (κ1) is 5.84. The van der Waals surface area contributed by atoms with Crippen LogP contribution in [0, 0.1) is 21.2 Å². The molecule has 8 heavy (non-hydrogen) atoms. The van der Waals surface area contributed by atoms with E-state index in [2.05, 4.69) is 10.8 Å². The number of quaternary nitrogens is 1. The van der Waals surface area contributed by atoms with Crippen molar-refractivity contribution < 1.29 is 4.81 Å². The SMILES string of the molecule is [O-][N+]1([O-])C=[C]S[C]=C1. The van der Waals surface area contributed by atoms with Gasteiger partial charge in [0, 0.05) is 0 Å². The molecule has 3 nitrogen and oxygen atoms in total. The third-order valence-electron chi connectivity index (χ3n) is 0.583. The zero-order valence-corrected chi connectivity index (χ0v) is 4.64. The predicted octanol–water partition coefficient (Wildman–Crippen LogP) is 1.09. The summed E-state index contributed by atoms with van der Waals surface area (Å²) < 4.78 is 0. The third-order valence-corrected chi connectivity index (χ3v) is 1.03. The van der Waals surface area contributed by atoms with Crippen LogP contribution in [0.15, 0.2) is 12.4 Å². The Morgan fingerprint density at radius 1 is 1.25 bits per heavy atom. The van der Waals surface area contributed by atoms with Crippen LogP contribution in [0.5, 0.6) is 0 Å². The van der Waals surface area contributed by atoms with E-state index in [4.69, 9.17) is 0 Å². The van der Waals surface area contributed by atoms with Crippen LogP contribution in [0.1, 0.15) is 0 Å². The maximum atomic E-state index is 10.3. The number of hydrogen-bond donors (Lipinski definition) is 0. The van der Waals surface area contributed by atoms with Gasteiger partial charge < -0.3 is 15.2 Å². The predicted molar refractivity (Wildman–Crippen MR) is 30.2 cm³/mol. The highest BCUT2D eigenvalue weighted by molar-refractivity contribution is 8.02. The highest BCUT2D eigenvalue weighted by Crippen LogP contribution is 2.15. The second-order valence-electron chi connectivity index (χ2n) is 1.24. The van der Waals surface area contributed by atoms with Crippen LogP contribution in [-0.4, -0.2) is 4.81 Å². The Morgan fingerprint density at radius 2 is 1.75 bits per heavy atom. The van der Waals surface area contributed by atoms with E-state index in [1.807, 2.05) is 0 Å². The normalized spacial score (nSPS) is 23.8. The minimum atomic E-state index is -1.74. The molecule has 1 rings (SSSR count). The van der Waals surface area contributed by atoms with Gasteiger partial charge >= 0.3 is 0 Å². The lowest BCUT2D eigenvalue weighted by atomic mass is 10.8. The Hall–Kier alpha value is -0.290. The second-order valence-corrected chi connectivity index (χ2v) is 1.92. The zero-order chi connectivity index (χ0) is 6.04. The quantitative estimate of drug-likeness (QED) is 0.362. The van der Waals surface area contributed by atoms with Gasteiger partial charge in [-0.2, -0.15) is 0 Å². The van der Waals surface area contributed by atoms with Crippen molar-refractivity contribution in [1.82, 2.24) is 0 Å². The maximum Gasteiger partial charge on any atom is 0.116 e. The van der Waals surface area contributed by atoms with Crippen molar-refractivity contribution in [3.8, 4) is 0 Å². The average Bonchev–Trinajstić information content (AvgIpc) is 1.65. The van der Waals surface area contributed by atoms with Crippen LogP contribution in [0.2, 0.25) is 0 Å². The summed E-state index contributed by atoms with van der Waals surface area (Å²) in [5.74, 6) is 0. The van der Waals surface area contributed by atoms with Crippen LogP contribution in [-0.2, 0) is 0 Å². The maximum absolute atomic E-state index is 10.3. The minimum absolute atomic E-state index is 0.876. The fraction of sp³-hybridized carbons (Fsp3) is 0. The Bertz CT molecular complexity index is 127. The van der Waals surface area contributed by atoms with E-state index in [0.29, 0.717) is 0 Å². The standard InChI is InChI=1S/C4H2NO2S/c6-5(7)1-3-8-4-2-5/h1-2H/q-1. The van der Waals surface area contributed by atoms with Gasteiger partial charge in [-0.1, -0.05) is 11.8 Å². The van der Waals surface area contributed by atoms with Crippen LogP contribution < -0.4 is 0 Å². The van der Waals surface area contributed by atoms with Crippen molar-refractivity contribution in [2.75, 3.05) is 0 Å². The molecule has 4 heteroatoms. The van der Waals surface area contributed by atoms with Crippen LogP contribution in [0.3, 0.4) is 0 Å². The molecule has 1 heterocycles. The van der Waals surface area contributed by atoms with Gasteiger partial charge in [-0.25, -0.2) is 0 Å². The highest BCUT2D eigenvalue weighted by Gasteiger charge is 1.97. The fourth-order valence-electron chi connectivity index (χ4n) is 0.271. The monoisotopic (exact) mass is 128 g/mol. The summed E-state index contributed by atoms with van der Waals surface area (Å²) in [6.45, 7) is 0. The lowest BCUT2D eigenvalue weighted by Crippen LogP contribution is -2.21. The molecule has 42 valence electrons. The Morgan fingerprint density at radius 3 is 2.00 bits per heavy atom. The molecule has 0 aromatic carbocycles.